The maximum atomic E-state index is 16.6. The molecule has 2 N–H and O–H groups in total. The number of fused-ring (bicyclic) bond motifs is 5. The monoisotopic (exact) mass is 1020 g/mol. The largest absolute Gasteiger partial charge is 0.456 e. The lowest BCUT2D eigenvalue weighted by atomic mass is 9.45. The zero-order valence-corrected chi connectivity index (χ0v) is 45.1. The molecule has 15 nitrogen and oxygen atoms in total. The Morgan fingerprint density at radius 2 is 1.40 bits per heavy atom. The second-order valence-electron chi connectivity index (χ2n) is 21.2. The van der Waals surface area contributed by atoms with Crippen LogP contribution >= 0.6 is 0 Å². The van der Waals surface area contributed by atoms with Crippen LogP contribution in [0.5, 0.6) is 0 Å². The van der Waals surface area contributed by atoms with Crippen molar-refractivity contribution < 1.29 is 67.0 Å². The molecule has 16 heteroatoms. The summed E-state index contributed by atoms with van der Waals surface area (Å²) < 4.78 is 44.5. The van der Waals surface area contributed by atoms with Gasteiger partial charge in [0.15, 0.2) is 23.6 Å². The maximum absolute atomic E-state index is 16.6. The number of hydrogen-bond acceptors (Lipinski definition) is 14. The summed E-state index contributed by atoms with van der Waals surface area (Å²) in [5.74, 6) is -5.51. The molecule has 12 atom stereocenters. The van der Waals surface area contributed by atoms with E-state index in [9.17, 15) is 24.3 Å². The topological polar surface area (TPSA) is 199 Å². The molecule has 0 spiro atoms. The molecule has 2 unspecified atom stereocenters. The minimum absolute atomic E-state index is 0.107. The van der Waals surface area contributed by atoms with Crippen LogP contribution in [0, 0.1) is 16.7 Å². The van der Waals surface area contributed by atoms with E-state index in [0.717, 1.165) is 18.1 Å². The number of rotatable bonds is 18. The fraction of sp³-hybridized carbons (Fsp3) is 0.544. The van der Waals surface area contributed by atoms with Crippen molar-refractivity contribution in [3.05, 3.63) is 119 Å². The molecule has 0 radical (unpaired) electrons. The van der Waals surface area contributed by atoms with Gasteiger partial charge in [-0.05, 0) is 66.8 Å². The second-order valence-corrected chi connectivity index (χ2v) is 26.7. The Bertz CT molecular complexity index is 2540. The van der Waals surface area contributed by atoms with Gasteiger partial charge in [-0.25, -0.2) is 9.59 Å². The molecular formula is C57H73NO14Si. The highest BCUT2D eigenvalue weighted by atomic mass is 28.3. The Labute approximate surface area is 430 Å². The number of carbonyl (C=O) groups is 6. The molecule has 2 bridgehead atoms. The third kappa shape index (κ3) is 9.85. The molecule has 1 amide bonds. The van der Waals surface area contributed by atoms with E-state index in [1.165, 1.54) is 21.0 Å². The molecule has 3 aliphatic carbocycles. The van der Waals surface area contributed by atoms with Gasteiger partial charge >= 0.3 is 23.9 Å². The average Bonchev–Trinajstić information content (AvgIpc) is 3.37. The molecule has 3 fully saturated rings. The Kier molecular flexibility index (Phi) is 16.5. The van der Waals surface area contributed by atoms with Crippen molar-refractivity contribution in [2.75, 3.05) is 20.3 Å². The normalized spacial score (nSPS) is 29.6. The van der Waals surface area contributed by atoms with E-state index in [0.29, 0.717) is 23.1 Å². The van der Waals surface area contributed by atoms with Gasteiger partial charge in [0.05, 0.1) is 44.9 Å². The summed E-state index contributed by atoms with van der Waals surface area (Å²) in [4.78, 5) is 88.0. The Morgan fingerprint density at radius 1 is 0.822 bits per heavy atom. The van der Waals surface area contributed by atoms with E-state index in [4.69, 9.17) is 33.2 Å². The van der Waals surface area contributed by atoms with Gasteiger partial charge in [-0.1, -0.05) is 126 Å². The maximum Gasteiger partial charge on any atom is 0.338 e. The molecule has 1 heterocycles. The molecular weight excluding hydrogens is 951 g/mol. The minimum atomic E-state index is -2.59. The Hall–Kier alpha value is -5.52. The van der Waals surface area contributed by atoms with Gasteiger partial charge in [0.25, 0.3) is 5.91 Å². The van der Waals surface area contributed by atoms with Crippen LogP contribution in [0.3, 0.4) is 0 Å². The Morgan fingerprint density at radius 3 is 1.92 bits per heavy atom. The highest BCUT2D eigenvalue weighted by Gasteiger charge is 2.79. The number of aliphatic hydroxyl groups is 1. The highest BCUT2D eigenvalue weighted by Crippen LogP contribution is 2.69. The number of nitrogens with one attached hydrogen (secondary N) is 1. The second kappa shape index (κ2) is 21.7. The van der Waals surface area contributed by atoms with Crippen LogP contribution < -0.4 is 5.32 Å². The molecule has 3 aromatic carbocycles. The van der Waals surface area contributed by atoms with E-state index in [1.807, 2.05) is 6.92 Å². The van der Waals surface area contributed by atoms with Crippen LogP contribution in [0.25, 0.3) is 0 Å². The highest BCUT2D eigenvalue weighted by molar-refractivity contribution is 6.81. The van der Waals surface area contributed by atoms with E-state index >= 15 is 9.59 Å². The summed E-state index contributed by atoms with van der Waals surface area (Å²) in [6.07, 6.45) is -7.60. The third-order valence-electron chi connectivity index (χ3n) is 17.3. The standard InChI is InChI=1S/C57H73NO14Si/c1-12-73(13-2,14-3)43-30-42-56(33-68-42,72-37(7)60)48-50(71-52(63)40-28-22-17-23-29-40)57(65)31-41(35(5)44(54(57,8)9)46(69-36(6)59)49(61)55(43,48)10)70-53(64)47(67-32-34(4)66-11)45(38-24-18-15-19-25-38)58-51(62)39-26-20-16-21-27-39/h15-29,34,41-43,45-48,50,65H,12-14,30-33H2,1-11H3,(H,58,62)/t34?,41-,42+,43-,45-,46+,47+,48?,50-,55+,56-,57+/m0/s1. The van der Waals surface area contributed by atoms with Gasteiger partial charge in [-0.15, -0.1) is 0 Å². The molecule has 2 saturated carbocycles. The minimum Gasteiger partial charge on any atom is -0.456 e. The lowest BCUT2D eigenvalue weighted by molar-refractivity contribution is -0.332. The number of methoxy groups -OCH3 is 1. The van der Waals surface area contributed by atoms with E-state index in [-0.39, 0.29) is 24.4 Å². The first-order valence-corrected chi connectivity index (χ1v) is 28.3. The molecule has 1 saturated heterocycles. The van der Waals surface area contributed by atoms with Crippen LogP contribution in [0.15, 0.2) is 102 Å². The van der Waals surface area contributed by atoms with E-state index in [1.54, 1.807) is 119 Å². The smallest absolute Gasteiger partial charge is 0.338 e. The van der Waals surface area contributed by atoms with Crippen molar-refractivity contribution in [3.8, 4) is 0 Å². The van der Waals surface area contributed by atoms with Crippen LogP contribution in [-0.4, -0.2) is 117 Å². The third-order valence-corrected chi connectivity index (χ3v) is 23.8. The number of hydrogen-bond donors (Lipinski definition) is 2. The lowest BCUT2D eigenvalue weighted by Gasteiger charge is -2.70. The number of carbonyl (C=O) groups excluding carboxylic acids is 6. The van der Waals surface area contributed by atoms with Crippen LogP contribution in [-0.2, 0) is 52.3 Å². The molecule has 4 aliphatic rings. The molecule has 394 valence electrons. The van der Waals surface area contributed by atoms with Gasteiger partial charge in [-0.3, -0.25) is 19.2 Å². The molecule has 3 aromatic rings. The number of esters is 4. The first kappa shape index (κ1) is 55.2. The average molecular weight is 1020 g/mol. The quantitative estimate of drug-likeness (QED) is 0.0534. The van der Waals surface area contributed by atoms with Crippen molar-refractivity contribution in [1.29, 1.82) is 0 Å². The SMILES string of the molecule is CC[Si](CC)(CC)[C@H]1C[C@H]2OC[C@@]2(OC(C)=O)C2[C@H](OC(=O)c3ccccc3)[C@]3(O)C[C@H](OC(=O)[C@H](OCC(C)OC)[C@@H](NC(=O)c4ccccc4)c4ccccc4)C(C)=C([C@@H](OC(C)=O)C(=O)[C@@]21C)C3(C)C. The summed E-state index contributed by atoms with van der Waals surface area (Å²) in [6, 6.07) is 26.7. The Balaban J connectivity index is 1.48. The number of benzene rings is 3. The zero-order chi connectivity index (χ0) is 53.3. The summed E-state index contributed by atoms with van der Waals surface area (Å²) >= 11 is 0. The summed E-state index contributed by atoms with van der Waals surface area (Å²) in [6.45, 7) is 17.2. The summed E-state index contributed by atoms with van der Waals surface area (Å²) in [5, 5.41) is 17.4. The van der Waals surface area contributed by atoms with Gasteiger partial charge in [-0.2, -0.15) is 0 Å². The van der Waals surface area contributed by atoms with Crippen molar-refractivity contribution in [1.82, 2.24) is 5.32 Å². The predicted molar refractivity (Wildman–Crippen MR) is 273 cm³/mol. The molecule has 1 aliphatic heterocycles. The zero-order valence-electron chi connectivity index (χ0n) is 44.1. The van der Waals surface area contributed by atoms with Gasteiger partial charge in [0, 0.05) is 43.8 Å². The lowest BCUT2D eigenvalue weighted by Crippen LogP contribution is -2.81. The number of ether oxygens (including phenoxy) is 7. The summed E-state index contributed by atoms with van der Waals surface area (Å²) in [5.41, 5.74) is -6.02. The number of ketones is 1. The number of Topliss-reactive ketones (excluding diaryl/α,β-unsaturated/α-hetero) is 1. The first-order valence-electron chi connectivity index (χ1n) is 25.6. The summed E-state index contributed by atoms with van der Waals surface area (Å²) in [7, 11) is -1.09. The van der Waals surface area contributed by atoms with Crippen LogP contribution in [0.1, 0.15) is 114 Å². The fourth-order valence-electron chi connectivity index (χ4n) is 13.0. The van der Waals surface area contributed by atoms with Crippen molar-refractivity contribution in [2.45, 2.75) is 160 Å². The van der Waals surface area contributed by atoms with Gasteiger partial charge < -0.3 is 43.6 Å². The molecule has 7 rings (SSSR count). The molecule has 73 heavy (non-hydrogen) atoms. The van der Waals surface area contributed by atoms with Crippen molar-refractivity contribution >= 4 is 43.6 Å². The van der Waals surface area contributed by atoms with E-state index < -0.39 is 126 Å². The first-order chi connectivity index (χ1) is 34.6. The van der Waals surface area contributed by atoms with Crippen molar-refractivity contribution in [3.63, 3.8) is 0 Å². The van der Waals surface area contributed by atoms with Gasteiger partial charge in [0.2, 0.25) is 0 Å². The van der Waals surface area contributed by atoms with Crippen LogP contribution in [0.2, 0.25) is 23.7 Å². The molecule has 0 aromatic heterocycles. The van der Waals surface area contributed by atoms with E-state index in [2.05, 4.69) is 26.1 Å². The van der Waals surface area contributed by atoms with Crippen molar-refractivity contribution in [2.24, 2.45) is 16.7 Å². The van der Waals surface area contributed by atoms with Crippen LogP contribution in [0.4, 0.5) is 0 Å². The van der Waals surface area contributed by atoms with Gasteiger partial charge in [0.1, 0.15) is 23.9 Å². The fourth-order valence-corrected chi connectivity index (χ4v) is 18.3. The predicted octanol–water partition coefficient (Wildman–Crippen LogP) is 8.31. The number of amides is 1.